The zero-order valence-corrected chi connectivity index (χ0v) is 18.4. The number of methoxy groups -OCH3 is 1. The van der Waals surface area contributed by atoms with Gasteiger partial charge in [0, 0.05) is 36.2 Å². The van der Waals surface area contributed by atoms with Gasteiger partial charge in [0.1, 0.15) is 5.75 Å². The zero-order chi connectivity index (χ0) is 19.4. The van der Waals surface area contributed by atoms with Crippen molar-refractivity contribution in [2.45, 2.75) is 49.3 Å². The molecular formula is C23H31BrN2O2. The van der Waals surface area contributed by atoms with Gasteiger partial charge in [0.2, 0.25) is 5.91 Å². The van der Waals surface area contributed by atoms with Gasteiger partial charge in [-0.1, -0.05) is 15.9 Å². The number of carbonyl (C=O) groups excluding carboxylic acids is 1. The van der Waals surface area contributed by atoms with Gasteiger partial charge in [-0.25, -0.2) is 0 Å². The van der Waals surface area contributed by atoms with Gasteiger partial charge >= 0.3 is 0 Å². The average molecular weight is 447 g/mol. The van der Waals surface area contributed by atoms with Crippen molar-refractivity contribution in [2.24, 2.45) is 17.3 Å². The number of hydrogen-bond acceptors (Lipinski definition) is 3. The lowest BCUT2D eigenvalue weighted by Crippen LogP contribution is -2.59. The van der Waals surface area contributed by atoms with E-state index in [0.29, 0.717) is 5.91 Å². The van der Waals surface area contributed by atoms with Gasteiger partial charge in [-0.05, 0) is 81.0 Å². The van der Waals surface area contributed by atoms with E-state index >= 15 is 0 Å². The van der Waals surface area contributed by atoms with Gasteiger partial charge in [0.15, 0.2) is 0 Å². The van der Waals surface area contributed by atoms with Crippen molar-refractivity contribution in [1.82, 2.24) is 4.90 Å². The maximum atomic E-state index is 13.7. The normalized spacial score (nSPS) is 37.1. The fourth-order valence-electron chi connectivity index (χ4n) is 6.91. The molecule has 1 aromatic rings. The van der Waals surface area contributed by atoms with Gasteiger partial charge in [-0.2, -0.15) is 0 Å². The summed E-state index contributed by atoms with van der Waals surface area (Å²) in [5.41, 5.74) is 1.15. The van der Waals surface area contributed by atoms with Gasteiger partial charge in [-0.15, -0.1) is 0 Å². The van der Waals surface area contributed by atoms with E-state index in [9.17, 15) is 4.79 Å². The van der Waals surface area contributed by atoms with Crippen molar-refractivity contribution in [3.8, 4) is 5.75 Å². The van der Waals surface area contributed by atoms with E-state index in [-0.39, 0.29) is 9.74 Å². The molecule has 152 valence electrons. The van der Waals surface area contributed by atoms with Crippen LogP contribution in [0.4, 0.5) is 5.69 Å². The van der Waals surface area contributed by atoms with E-state index in [2.05, 4.69) is 37.9 Å². The van der Waals surface area contributed by atoms with E-state index in [1.165, 1.54) is 24.9 Å². The third-order valence-electron chi connectivity index (χ3n) is 7.66. The van der Waals surface area contributed by atoms with E-state index < -0.39 is 0 Å². The first-order chi connectivity index (χ1) is 13.5. The van der Waals surface area contributed by atoms with Gasteiger partial charge < -0.3 is 14.5 Å². The molecule has 0 spiro atoms. The lowest BCUT2D eigenvalue weighted by Gasteiger charge is -2.60. The summed E-state index contributed by atoms with van der Waals surface area (Å²) in [7, 11) is 1.70. The molecule has 0 N–H and O–H groups in total. The van der Waals surface area contributed by atoms with Gasteiger partial charge in [-0.3, -0.25) is 4.79 Å². The molecule has 4 bridgehead atoms. The molecule has 5 heteroatoms. The maximum Gasteiger partial charge on any atom is 0.228 e. The van der Waals surface area contributed by atoms with Gasteiger partial charge in [0.05, 0.1) is 12.5 Å². The fourth-order valence-corrected chi connectivity index (χ4v) is 8.36. The summed E-state index contributed by atoms with van der Waals surface area (Å²) in [6.07, 6.45) is 8.29. The van der Waals surface area contributed by atoms with Crippen molar-refractivity contribution >= 4 is 27.5 Å². The second kappa shape index (κ2) is 6.93. The lowest BCUT2D eigenvalue weighted by molar-refractivity contribution is -0.155. The first-order valence-electron chi connectivity index (χ1n) is 10.9. The monoisotopic (exact) mass is 446 g/mol. The van der Waals surface area contributed by atoms with Crippen LogP contribution in [0.2, 0.25) is 0 Å². The minimum atomic E-state index is -0.0805. The molecule has 1 saturated heterocycles. The molecule has 0 aromatic heterocycles. The molecule has 1 aliphatic heterocycles. The number of benzene rings is 1. The number of alkyl halides is 1. The third-order valence-corrected chi connectivity index (χ3v) is 8.59. The minimum absolute atomic E-state index is 0.0805. The number of nitrogens with zero attached hydrogens (tertiary/aromatic N) is 2. The quantitative estimate of drug-likeness (QED) is 0.642. The number of anilines is 1. The van der Waals surface area contributed by atoms with Crippen molar-refractivity contribution in [3.63, 3.8) is 0 Å². The van der Waals surface area contributed by atoms with Crippen LogP contribution in [0, 0.1) is 17.3 Å². The van der Waals surface area contributed by atoms with Crippen LogP contribution >= 0.6 is 15.9 Å². The largest absolute Gasteiger partial charge is 0.497 e. The molecule has 5 aliphatic rings. The Morgan fingerprint density at radius 3 is 2.39 bits per heavy atom. The summed E-state index contributed by atoms with van der Waals surface area (Å²) in [6, 6.07) is 8.30. The molecule has 2 atom stereocenters. The van der Waals surface area contributed by atoms with Crippen LogP contribution in [0.1, 0.15) is 44.9 Å². The van der Waals surface area contributed by atoms with Crippen molar-refractivity contribution in [2.75, 3.05) is 38.2 Å². The Labute approximate surface area is 176 Å². The Morgan fingerprint density at radius 2 is 1.75 bits per heavy atom. The van der Waals surface area contributed by atoms with Crippen LogP contribution < -0.4 is 9.64 Å². The number of ether oxygens (including phenoxy) is 1. The van der Waals surface area contributed by atoms with Crippen molar-refractivity contribution < 1.29 is 9.53 Å². The minimum Gasteiger partial charge on any atom is -0.497 e. The average Bonchev–Trinajstić information content (AvgIpc) is 2.92. The Morgan fingerprint density at radius 1 is 1.04 bits per heavy atom. The van der Waals surface area contributed by atoms with Crippen LogP contribution in [0.15, 0.2) is 24.3 Å². The first kappa shape index (κ1) is 18.8. The second-order valence-corrected chi connectivity index (χ2v) is 11.4. The Bertz CT molecular complexity index is 735. The third kappa shape index (κ3) is 3.24. The molecule has 4 aliphatic carbocycles. The summed E-state index contributed by atoms with van der Waals surface area (Å²) in [5.74, 6) is 2.86. The SMILES string of the molecule is COc1ccc(N2CCCN(C(=O)C34CC5CC(CC(Br)(C5)C3)C4)CC2)cc1. The molecule has 4 nitrogen and oxygen atoms in total. The Hall–Kier alpha value is -1.23. The van der Waals surface area contributed by atoms with Crippen LogP contribution in [-0.2, 0) is 4.79 Å². The molecule has 1 heterocycles. The summed E-state index contributed by atoms with van der Waals surface area (Å²) < 4.78 is 5.52. The molecule has 6 rings (SSSR count). The second-order valence-electron chi connectivity index (χ2n) is 9.72. The number of hydrogen-bond donors (Lipinski definition) is 0. The highest BCUT2D eigenvalue weighted by Gasteiger charge is 2.60. The molecule has 4 saturated carbocycles. The number of amides is 1. The Kier molecular flexibility index (Phi) is 4.65. The maximum absolute atomic E-state index is 13.7. The highest BCUT2D eigenvalue weighted by molar-refractivity contribution is 9.10. The van der Waals surface area contributed by atoms with Crippen LogP contribution in [0.3, 0.4) is 0 Å². The highest BCUT2D eigenvalue weighted by Crippen LogP contribution is 2.64. The molecule has 1 amide bonds. The summed E-state index contributed by atoms with van der Waals surface area (Å²) in [6.45, 7) is 3.67. The van der Waals surface area contributed by atoms with Crippen molar-refractivity contribution in [1.29, 1.82) is 0 Å². The van der Waals surface area contributed by atoms with E-state index in [1.807, 2.05) is 12.1 Å². The standard InChI is InChI=1S/C23H31BrN2O2/c1-28-20-5-3-19(4-6-20)25-7-2-8-26(10-9-25)21(27)22-12-17-11-18(13-22)15-23(24,14-17)16-22/h3-6,17-18H,2,7-16H2,1H3. The summed E-state index contributed by atoms with van der Waals surface area (Å²) in [4.78, 5) is 18.4. The topological polar surface area (TPSA) is 32.8 Å². The van der Waals surface area contributed by atoms with E-state index in [4.69, 9.17) is 4.74 Å². The smallest absolute Gasteiger partial charge is 0.228 e. The van der Waals surface area contributed by atoms with Crippen LogP contribution in [0.25, 0.3) is 0 Å². The van der Waals surface area contributed by atoms with E-state index in [1.54, 1.807) is 7.11 Å². The zero-order valence-electron chi connectivity index (χ0n) is 16.8. The lowest BCUT2D eigenvalue weighted by atomic mass is 9.49. The summed E-state index contributed by atoms with van der Waals surface area (Å²) >= 11 is 4.06. The summed E-state index contributed by atoms with van der Waals surface area (Å²) in [5, 5.41) is 0. The van der Waals surface area contributed by atoms with Crippen LogP contribution in [-0.4, -0.2) is 48.4 Å². The van der Waals surface area contributed by atoms with Crippen molar-refractivity contribution in [3.05, 3.63) is 24.3 Å². The van der Waals surface area contributed by atoms with Crippen LogP contribution in [0.5, 0.6) is 5.75 Å². The van der Waals surface area contributed by atoms with E-state index in [0.717, 1.165) is 69.4 Å². The molecular weight excluding hydrogens is 416 g/mol. The molecule has 28 heavy (non-hydrogen) atoms. The first-order valence-corrected chi connectivity index (χ1v) is 11.7. The molecule has 2 unspecified atom stereocenters. The van der Waals surface area contributed by atoms with Gasteiger partial charge in [0.25, 0.3) is 0 Å². The molecule has 1 aromatic carbocycles. The predicted octanol–water partition coefficient (Wildman–Crippen LogP) is 4.47. The number of carbonyl (C=O) groups is 1. The fraction of sp³-hybridized carbons (Fsp3) is 0.696. The number of halogens is 1. The molecule has 0 radical (unpaired) electrons. The number of rotatable bonds is 3. The molecule has 5 fully saturated rings. The highest BCUT2D eigenvalue weighted by atomic mass is 79.9. The predicted molar refractivity (Wildman–Crippen MR) is 115 cm³/mol. The Balaban J connectivity index is 1.29.